The maximum Gasteiger partial charge on any atom is 0.00123 e. The maximum absolute atomic E-state index is 5.97. The van der Waals surface area contributed by atoms with E-state index in [0.717, 1.165) is 18.4 Å². The van der Waals surface area contributed by atoms with Crippen LogP contribution in [0.2, 0.25) is 0 Å². The molecule has 0 radical (unpaired) electrons. The molecule has 3 rings (SSSR count). The molecule has 0 amide bonds. The van der Waals surface area contributed by atoms with Gasteiger partial charge in [0.05, 0.1) is 0 Å². The zero-order valence-corrected chi connectivity index (χ0v) is 11.9. The maximum atomic E-state index is 5.97. The van der Waals surface area contributed by atoms with Crippen LogP contribution in [0.1, 0.15) is 57.8 Å². The van der Waals surface area contributed by atoms with Crippen LogP contribution in [-0.4, -0.2) is 31.1 Å². The van der Waals surface area contributed by atoms with Gasteiger partial charge in [0.15, 0.2) is 0 Å². The number of piperidine rings is 1. The van der Waals surface area contributed by atoms with E-state index in [-0.39, 0.29) is 0 Å². The highest BCUT2D eigenvalue weighted by Gasteiger charge is 2.37. The van der Waals surface area contributed by atoms with Gasteiger partial charge < -0.3 is 10.6 Å². The molecule has 1 heterocycles. The lowest BCUT2D eigenvalue weighted by Gasteiger charge is -2.45. The van der Waals surface area contributed by atoms with Crippen LogP contribution in [-0.2, 0) is 0 Å². The van der Waals surface area contributed by atoms with Gasteiger partial charge >= 0.3 is 0 Å². The van der Waals surface area contributed by atoms with E-state index in [0.29, 0.717) is 5.41 Å². The lowest BCUT2D eigenvalue weighted by atomic mass is 9.66. The van der Waals surface area contributed by atoms with Gasteiger partial charge in [0.25, 0.3) is 0 Å². The Morgan fingerprint density at radius 2 is 1.78 bits per heavy atom. The summed E-state index contributed by atoms with van der Waals surface area (Å²) in [7, 11) is 0. The van der Waals surface area contributed by atoms with Gasteiger partial charge in [-0.2, -0.15) is 0 Å². The topological polar surface area (TPSA) is 29.3 Å². The molecule has 18 heavy (non-hydrogen) atoms. The van der Waals surface area contributed by atoms with Gasteiger partial charge in [-0.3, -0.25) is 0 Å². The highest BCUT2D eigenvalue weighted by molar-refractivity contribution is 4.90. The van der Waals surface area contributed by atoms with Crippen LogP contribution in [0, 0.1) is 17.3 Å². The van der Waals surface area contributed by atoms with E-state index in [4.69, 9.17) is 5.73 Å². The number of hydrogen-bond donors (Lipinski definition) is 1. The van der Waals surface area contributed by atoms with E-state index < -0.39 is 0 Å². The van der Waals surface area contributed by atoms with Crippen LogP contribution in [0.4, 0.5) is 0 Å². The average molecular weight is 250 g/mol. The van der Waals surface area contributed by atoms with Gasteiger partial charge in [0.1, 0.15) is 0 Å². The van der Waals surface area contributed by atoms with E-state index in [9.17, 15) is 0 Å². The Morgan fingerprint density at radius 1 is 1.00 bits per heavy atom. The molecule has 0 spiro atoms. The third-order valence-corrected chi connectivity index (χ3v) is 6.18. The largest absolute Gasteiger partial charge is 0.330 e. The van der Waals surface area contributed by atoms with E-state index >= 15 is 0 Å². The van der Waals surface area contributed by atoms with E-state index in [1.54, 1.807) is 0 Å². The first-order valence-corrected chi connectivity index (χ1v) is 8.24. The minimum absolute atomic E-state index is 0.545. The van der Waals surface area contributed by atoms with E-state index in [2.05, 4.69) is 4.90 Å². The van der Waals surface area contributed by atoms with E-state index in [1.807, 2.05) is 0 Å². The fourth-order valence-corrected chi connectivity index (χ4v) is 4.51. The fourth-order valence-electron chi connectivity index (χ4n) is 4.51. The molecule has 2 saturated carbocycles. The molecule has 0 aromatic carbocycles. The summed E-state index contributed by atoms with van der Waals surface area (Å²) in [4.78, 5) is 2.75. The Balaban J connectivity index is 1.46. The van der Waals surface area contributed by atoms with Crippen molar-refractivity contribution < 1.29 is 0 Å². The molecule has 2 unspecified atom stereocenters. The third-order valence-electron chi connectivity index (χ3n) is 6.18. The van der Waals surface area contributed by atoms with Crippen molar-refractivity contribution in [2.45, 2.75) is 57.8 Å². The molecule has 3 aliphatic rings. The Bertz CT molecular complexity index is 267. The SMILES string of the molecule is NCC1(CCN2CCC3CCCCC3C2)CCC1. The molecule has 104 valence electrons. The predicted octanol–water partition coefficient (Wildman–Crippen LogP) is 3.02. The predicted molar refractivity (Wildman–Crippen MR) is 76.5 cm³/mol. The minimum atomic E-state index is 0.545. The van der Waals surface area contributed by atoms with Gasteiger partial charge in [-0.15, -0.1) is 0 Å². The molecule has 2 aliphatic carbocycles. The molecule has 0 aromatic rings. The van der Waals surface area contributed by atoms with Gasteiger partial charge in [-0.05, 0) is 69.0 Å². The normalized spacial score (nSPS) is 35.8. The Morgan fingerprint density at radius 3 is 2.44 bits per heavy atom. The summed E-state index contributed by atoms with van der Waals surface area (Å²) in [5.41, 5.74) is 6.52. The van der Waals surface area contributed by atoms with Crippen LogP contribution in [0.25, 0.3) is 0 Å². The van der Waals surface area contributed by atoms with Gasteiger partial charge in [0, 0.05) is 6.54 Å². The van der Waals surface area contributed by atoms with Crippen LogP contribution in [0.15, 0.2) is 0 Å². The summed E-state index contributed by atoms with van der Waals surface area (Å²) >= 11 is 0. The second-order valence-corrected chi connectivity index (χ2v) is 7.20. The zero-order chi connectivity index (χ0) is 12.4. The van der Waals surface area contributed by atoms with Crippen molar-refractivity contribution in [3.8, 4) is 0 Å². The quantitative estimate of drug-likeness (QED) is 0.831. The number of nitrogens with zero attached hydrogens (tertiary/aromatic N) is 1. The molecule has 0 aromatic heterocycles. The lowest BCUT2D eigenvalue weighted by Crippen LogP contribution is -2.45. The molecule has 2 N–H and O–H groups in total. The Kier molecular flexibility index (Phi) is 3.95. The summed E-state index contributed by atoms with van der Waals surface area (Å²) < 4.78 is 0. The third kappa shape index (κ3) is 2.60. The number of nitrogens with two attached hydrogens (primary N) is 1. The van der Waals surface area contributed by atoms with Crippen molar-refractivity contribution in [2.24, 2.45) is 23.0 Å². The van der Waals surface area contributed by atoms with Crippen LogP contribution >= 0.6 is 0 Å². The highest BCUT2D eigenvalue weighted by atomic mass is 15.1. The van der Waals surface area contributed by atoms with Crippen molar-refractivity contribution in [3.05, 3.63) is 0 Å². The highest BCUT2D eigenvalue weighted by Crippen LogP contribution is 2.43. The van der Waals surface area contributed by atoms with E-state index in [1.165, 1.54) is 77.4 Å². The van der Waals surface area contributed by atoms with Crippen LogP contribution < -0.4 is 5.73 Å². The lowest BCUT2D eigenvalue weighted by molar-refractivity contribution is 0.0568. The molecule has 3 fully saturated rings. The van der Waals surface area contributed by atoms with Gasteiger partial charge in [0.2, 0.25) is 0 Å². The first-order valence-electron chi connectivity index (χ1n) is 8.24. The molecule has 2 heteroatoms. The molecular weight excluding hydrogens is 220 g/mol. The Hall–Kier alpha value is -0.0800. The second kappa shape index (κ2) is 5.50. The van der Waals surface area contributed by atoms with Crippen molar-refractivity contribution in [2.75, 3.05) is 26.2 Å². The van der Waals surface area contributed by atoms with Gasteiger partial charge in [-0.1, -0.05) is 25.7 Å². The average Bonchev–Trinajstić information content (AvgIpc) is 2.38. The van der Waals surface area contributed by atoms with Crippen molar-refractivity contribution in [1.82, 2.24) is 4.90 Å². The molecule has 2 atom stereocenters. The molecule has 1 saturated heterocycles. The second-order valence-electron chi connectivity index (χ2n) is 7.20. The summed E-state index contributed by atoms with van der Waals surface area (Å²) in [5.74, 6) is 2.10. The Labute approximate surface area is 112 Å². The minimum Gasteiger partial charge on any atom is -0.330 e. The summed E-state index contributed by atoms with van der Waals surface area (Å²) in [5, 5.41) is 0. The first-order chi connectivity index (χ1) is 8.81. The number of fused-ring (bicyclic) bond motifs is 1. The first kappa shape index (κ1) is 12.9. The van der Waals surface area contributed by atoms with Crippen molar-refractivity contribution >= 4 is 0 Å². The van der Waals surface area contributed by atoms with Crippen LogP contribution in [0.3, 0.4) is 0 Å². The number of likely N-dealkylation sites (tertiary alicyclic amines) is 1. The molecular formula is C16H30N2. The number of hydrogen-bond acceptors (Lipinski definition) is 2. The standard InChI is InChI=1S/C16H30N2/c17-13-16(7-3-8-16)9-11-18-10-6-14-4-1-2-5-15(14)12-18/h14-15H,1-13,17H2. The number of rotatable bonds is 4. The monoisotopic (exact) mass is 250 g/mol. The smallest absolute Gasteiger partial charge is 0.00123 e. The summed E-state index contributed by atoms with van der Waals surface area (Å²) in [6.45, 7) is 5.00. The summed E-state index contributed by atoms with van der Waals surface area (Å²) in [6, 6.07) is 0. The van der Waals surface area contributed by atoms with Gasteiger partial charge in [-0.25, -0.2) is 0 Å². The zero-order valence-electron chi connectivity index (χ0n) is 11.9. The van der Waals surface area contributed by atoms with Crippen LogP contribution in [0.5, 0.6) is 0 Å². The fraction of sp³-hybridized carbons (Fsp3) is 1.00. The van der Waals surface area contributed by atoms with Crippen molar-refractivity contribution in [3.63, 3.8) is 0 Å². The summed E-state index contributed by atoms with van der Waals surface area (Å²) in [6.07, 6.45) is 13.0. The van der Waals surface area contributed by atoms with Crippen molar-refractivity contribution in [1.29, 1.82) is 0 Å². The molecule has 0 bridgehead atoms. The molecule has 1 aliphatic heterocycles. The molecule has 2 nitrogen and oxygen atoms in total.